The highest BCUT2D eigenvalue weighted by Gasteiger charge is 2.18. The van der Waals surface area contributed by atoms with E-state index in [9.17, 15) is 0 Å². The number of fused-ring (bicyclic) bond motifs is 9. The summed E-state index contributed by atoms with van der Waals surface area (Å²) in [6.45, 7) is 4.38. The van der Waals surface area contributed by atoms with E-state index in [4.69, 9.17) is 0 Å². The van der Waals surface area contributed by atoms with Crippen molar-refractivity contribution in [1.82, 2.24) is 0 Å². The lowest BCUT2D eigenvalue weighted by atomic mass is 10.2. The molecule has 0 aliphatic rings. The molecule has 6 aromatic heterocycles. The van der Waals surface area contributed by atoms with Crippen molar-refractivity contribution >= 4 is 118 Å². The van der Waals surface area contributed by atoms with Crippen LogP contribution in [0.25, 0.3) is 69.3 Å². The molecule has 0 nitrogen and oxygen atoms in total. The standard InChI is InChI=1S/C28H16S6/c1-13-3-9-19(29-13)21-11-15-5-7-17-25(23(15)31-21)33-28-18-8-6-16-12-22(20-10-4-14(2)30-20)32-24(16)26(18)34-27(17)28/h3-12H,1-2H3. The van der Waals surface area contributed by atoms with E-state index in [-0.39, 0.29) is 0 Å². The lowest BCUT2D eigenvalue weighted by molar-refractivity contribution is 1.64. The highest BCUT2D eigenvalue weighted by Crippen LogP contribution is 2.51. The van der Waals surface area contributed by atoms with Gasteiger partial charge in [-0.1, -0.05) is 24.3 Å². The van der Waals surface area contributed by atoms with E-state index in [0.29, 0.717) is 0 Å². The van der Waals surface area contributed by atoms with Gasteiger partial charge in [0.2, 0.25) is 0 Å². The molecule has 0 radical (unpaired) electrons. The van der Waals surface area contributed by atoms with Crippen LogP contribution < -0.4 is 0 Å². The third-order valence-corrected chi connectivity index (χ3v) is 14.0. The van der Waals surface area contributed by atoms with Crippen LogP contribution >= 0.6 is 68.0 Å². The fourth-order valence-electron chi connectivity index (χ4n) is 4.74. The Morgan fingerprint density at radius 1 is 0.382 bits per heavy atom. The molecule has 0 aliphatic heterocycles. The first-order valence-electron chi connectivity index (χ1n) is 11.0. The van der Waals surface area contributed by atoms with E-state index < -0.39 is 0 Å². The molecule has 8 aromatic rings. The van der Waals surface area contributed by atoms with Gasteiger partial charge in [0.15, 0.2) is 0 Å². The summed E-state index contributed by atoms with van der Waals surface area (Å²) < 4.78 is 8.68. The normalized spacial score (nSPS) is 12.4. The predicted octanol–water partition coefficient (Wildman–Crippen LogP) is 11.8. The topological polar surface area (TPSA) is 0 Å². The van der Waals surface area contributed by atoms with Crippen LogP contribution in [0.4, 0.5) is 0 Å². The van der Waals surface area contributed by atoms with Crippen LogP contribution in [-0.4, -0.2) is 0 Å². The Bertz CT molecular complexity index is 1900. The van der Waals surface area contributed by atoms with Crippen LogP contribution in [0, 0.1) is 13.8 Å². The number of hydrogen-bond donors (Lipinski definition) is 0. The average molecular weight is 545 g/mol. The Kier molecular flexibility index (Phi) is 4.29. The first-order chi connectivity index (χ1) is 16.6. The predicted molar refractivity (Wildman–Crippen MR) is 162 cm³/mol. The molecule has 0 saturated heterocycles. The second kappa shape index (κ2) is 7.23. The summed E-state index contributed by atoms with van der Waals surface area (Å²) in [6.07, 6.45) is 0. The average Bonchev–Trinajstić information content (AvgIpc) is 3.62. The van der Waals surface area contributed by atoms with Gasteiger partial charge < -0.3 is 0 Å². The summed E-state index contributed by atoms with van der Waals surface area (Å²) in [4.78, 5) is 8.29. The molecule has 0 atom stereocenters. The zero-order valence-electron chi connectivity index (χ0n) is 18.2. The fourth-order valence-corrected chi connectivity index (χ4v) is 12.1. The molecule has 0 spiro atoms. The van der Waals surface area contributed by atoms with Crippen molar-refractivity contribution in [2.45, 2.75) is 13.8 Å². The van der Waals surface area contributed by atoms with Gasteiger partial charge in [-0.15, -0.1) is 68.0 Å². The molecular formula is C28H16S6. The molecule has 34 heavy (non-hydrogen) atoms. The lowest BCUT2D eigenvalue weighted by Crippen LogP contribution is -1.64. The van der Waals surface area contributed by atoms with Gasteiger partial charge in [-0.3, -0.25) is 0 Å². The SMILES string of the molecule is Cc1ccc(-c2cc3ccc4c(sc5c6ccc7cc(-c8ccc(C)s8)sc7c6sc45)c3s2)s1. The summed E-state index contributed by atoms with van der Waals surface area (Å²) in [5, 5.41) is 5.58. The van der Waals surface area contributed by atoms with E-state index in [1.807, 2.05) is 68.0 Å². The third-order valence-electron chi connectivity index (χ3n) is 6.35. The van der Waals surface area contributed by atoms with Crippen LogP contribution in [-0.2, 0) is 0 Å². The Hall–Kier alpha value is -2.06. The van der Waals surface area contributed by atoms with Crippen molar-refractivity contribution in [1.29, 1.82) is 0 Å². The van der Waals surface area contributed by atoms with E-state index in [0.717, 1.165) is 0 Å². The second-order valence-corrected chi connectivity index (χ2v) is 15.3. The number of thiophene rings is 6. The van der Waals surface area contributed by atoms with Crippen LogP contribution in [0.2, 0.25) is 0 Å². The molecule has 0 unspecified atom stereocenters. The van der Waals surface area contributed by atoms with Gasteiger partial charge in [-0.2, -0.15) is 0 Å². The fraction of sp³-hybridized carbons (Fsp3) is 0.0714. The Morgan fingerprint density at radius 3 is 1.24 bits per heavy atom. The molecule has 0 bridgehead atoms. The molecule has 0 N–H and O–H groups in total. The van der Waals surface area contributed by atoms with Gasteiger partial charge in [0, 0.05) is 40.0 Å². The highest BCUT2D eigenvalue weighted by atomic mass is 32.1. The van der Waals surface area contributed by atoms with Crippen molar-refractivity contribution in [2.24, 2.45) is 0 Å². The summed E-state index contributed by atoms with van der Waals surface area (Å²) in [5.74, 6) is 0. The first kappa shape index (κ1) is 20.2. The van der Waals surface area contributed by atoms with Gasteiger partial charge in [0.1, 0.15) is 0 Å². The van der Waals surface area contributed by atoms with E-state index in [2.05, 4.69) is 74.5 Å². The monoisotopic (exact) mass is 544 g/mol. The van der Waals surface area contributed by atoms with Gasteiger partial charge in [-0.25, -0.2) is 0 Å². The summed E-state index contributed by atoms with van der Waals surface area (Å²) in [5.41, 5.74) is 0. The van der Waals surface area contributed by atoms with E-state index in [1.165, 1.54) is 79.0 Å². The van der Waals surface area contributed by atoms with Crippen molar-refractivity contribution in [2.75, 3.05) is 0 Å². The summed E-state index contributed by atoms with van der Waals surface area (Å²) in [6, 6.07) is 23.1. The number of aryl methyl sites for hydroxylation is 2. The van der Waals surface area contributed by atoms with Crippen molar-refractivity contribution in [3.05, 3.63) is 70.4 Å². The van der Waals surface area contributed by atoms with Crippen molar-refractivity contribution < 1.29 is 0 Å². The second-order valence-electron chi connectivity index (χ2n) is 8.63. The zero-order valence-corrected chi connectivity index (χ0v) is 23.1. The van der Waals surface area contributed by atoms with Gasteiger partial charge in [-0.05, 0) is 61.0 Å². The first-order valence-corrected chi connectivity index (χ1v) is 15.9. The largest absolute Gasteiger partial charge is 0.140 e. The van der Waals surface area contributed by atoms with Crippen molar-refractivity contribution in [3.63, 3.8) is 0 Å². The molecule has 6 heterocycles. The van der Waals surface area contributed by atoms with Gasteiger partial charge >= 0.3 is 0 Å². The molecular weight excluding hydrogens is 529 g/mol. The maximum absolute atomic E-state index is 2.37. The van der Waals surface area contributed by atoms with E-state index >= 15 is 0 Å². The number of benzene rings is 2. The molecule has 0 fully saturated rings. The van der Waals surface area contributed by atoms with Crippen LogP contribution in [0.3, 0.4) is 0 Å². The quantitative estimate of drug-likeness (QED) is 0.203. The third kappa shape index (κ3) is 2.84. The maximum Gasteiger partial charge on any atom is 0.0543 e. The molecule has 0 aliphatic carbocycles. The van der Waals surface area contributed by atoms with Crippen LogP contribution in [0.1, 0.15) is 9.75 Å². The molecule has 8 rings (SSSR count). The van der Waals surface area contributed by atoms with Crippen LogP contribution in [0.5, 0.6) is 0 Å². The van der Waals surface area contributed by atoms with E-state index in [1.54, 1.807) is 0 Å². The van der Waals surface area contributed by atoms with Gasteiger partial charge in [0.05, 0.1) is 28.2 Å². The van der Waals surface area contributed by atoms with Crippen LogP contribution in [0.15, 0.2) is 60.7 Å². The van der Waals surface area contributed by atoms with Gasteiger partial charge in [0.25, 0.3) is 0 Å². The number of hydrogen-bond acceptors (Lipinski definition) is 6. The summed E-state index contributed by atoms with van der Waals surface area (Å²) >= 11 is 11.7. The molecule has 0 saturated carbocycles. The molecule has 164 valence electrons. The highest BCUT2D eigenvalue weighted by molar-refractivity contribution is 7.40. The summed E-state index contributed by atoms with van der Waals surface area (Å²) in [7, 11) is 0. The zero-order chi connectivity index (χ0) is 22.6. The van der Waals surface area contributed by atoms with Crippen molar-refractivity contribution in [3.8, 4) is 19.5 Å². The smallest absolute Gasteiger partial charge is 0.0543 e. The Balaban J connectivity index is 1.37. The minimum absolute atomic E-state index is 1.37. The molecule has 0 amide bonds. The Morgan fingerprint density at radius 2 is 0.824 bits per heavy atom. The molecule has 2 aromatic carbocycles. The minimum Gasteiger partial charge on any atom is -0.140 e. The Labute approximate surface area is 220 Å². The maximum atomic E-state index is 2.37. The lowest BCUT2D eigenvalue weighted by Gasteiger charge is -1.94. The minimum atomic E-state index is 1.37. The molecule has 6 heteroatoms. The number of rotatable bonds is 2.